The second kappa shape index (κ2) is 11.8. The molecule has 0 radical (unpaired) electrons. The topological polar surface area (TPSA) is 97.7 Å². The maximum Gasteiger partial charge on any atom is 0.283 e. The summed E-state index contributed by atoms with van der Waals surface area (Å²) >= 11 is 2.90. The average molecular weight is 574 g/mol. The molecule has 9 heteroatoms. The number of carbonyl (C=O) groups is 1. The summed E-state index contributed by atoms with van der Waals surface area (Å²) in [7, 11) is 0. The van der Waals surface area contributed by atoms with Gasteiger partial charge in [0, 0.05) is 22.1 Å². The molecule has 0 saturated heterocycles. The number of hydrogen-bond donors (Lipinski definition) is 1. The number of carbonyl (C=O) groups excluding carboxylic acids is 1. The van der Waals surface area contributed by atoms with Gasteiger partial charge in [0.05, 0.1) is 28.2 Å². The molecule has 40 heavy (non-hydrogen) atoms. The van der Waals surface area contributed by atoms with Gasteiger partial charge >= 0.3 is 0 Å². The molecule has 1 aliphatic carbocycles. The quantitative estimate of drug-likeness (QED) is 0.130. The SMILES string of the molecule is CC(C)(C)[C@H]1CCc2c(sc(N=Cc3ccc(Sc4ccccc4)c([N+](=O)[O-])c3)c2C(=O)NCc2ccco2)C1. The normalized spacial score (nSPS) is 15.2. The van der Waals surface area contributed by atoms with Crippen molar-refractivity contribution in [3.05, 3.63) is 104 Å². The second-order valence-electron chi connectivity index (χ2n) is 10.9. The fourth-order valence-corrected chi connectivity index (χ4v) is 7.09. The highest BCUT2D eigenvalue weighted by atomic mass is 32.2. The van der Waals surface area contributed by atoms with Crippen LogP contribution >= 0.6 is 23.1 Å². The van der Waals surface area contributed by atoms with E-state index in [-0.39, 0.29) is 28.5 Å². The Hall–Kier alpha value is -3.69. The first-order valence-corrected chi connectivity index (χ1v) is 14.8. The highest BCUT2D eigenvalue weighted by Gasteiger charge is 2.33. The smallest absolute Gasteiger partial charge is 0.283 e. The molecule has 2 heterocycles. The number of aliphatic imine (C=N–C) groups is 1. The number of nitro groups is 1. The number of thiophene rings is 1. The molecule has 4 aromatic rings. The predicted octanol–water partition coefficient (Wildman–Crippen LogP) is 8.23. The minimum atomic E-state index is -0.368. The monoisotopic (exact) mass is 573 g/mol. The minimum Gasteiger partial charge on any atom is -0.467 e. The van der Waals surface area contributed by atoms with Crippen molar-refractivity contribution in [1.29, 1.82) is 0 Å². The first kappa shape index (κ1) is 27.9. The zero-order valence-corrected chi connectivity index (χ0v) is 24.3. The van der Waals surface area contributed by atoms with Crippen LogP contribution in [0, 0.1) is 21.4 Å². The summed E-state index contributed by atoms with van der Waals surface area (Å²) in [5, 5.41) is 15.5. The zero-order chi connectivity index (χ0) is 28.3. The molecule has 2 aromatic heterocycles. The number of furan rings is 1. The first-order chi connectivity index (χ1) is 19.2. The molecule has 5 rings (SSSR count). The van der Waals surface area contributed by atoms with E-state index in [1.165, 1.54) is 22.7 Å². The summed E-state index contributed by atoms with van der Waals surface area (Å²) in [5.41, 5.74) is 2.46. The number of nitro benzene ring substituents is 1. The van der Waals surface area contributed by atoms with Crippen LogP contribution in [0.2, 0.25) is 0 Å². The Labute approximate surface area is 241 Å². The largest absolute Gasteiger partial charge is 0.467 e. The van der Waals surface area contributed by atoms with Crippen LogP contribution < -0.4 is 5.32 Å². The van der Waals surface area contributed by atoms with E-state index in [0.29, 0.717) is 32.7 Å². The van der Waals surface area contributed by atoms with Crippen molar-refractivity contribution in [3.63, 3.8) is 0 Å². The van der Waals surface area contributed by atoms with Crippen LogP contribution in [0.5, 0.6) is 0 Å². The van der Waals surface area contributed by atoms with E-state index in [4.69, 9.17) is 9.41 Å². The summed E-state index contributed by atoms with van der Waals surface area (Å²) in [6.45, 7) is 7.08. The van der Waals surface area contributed by atoms with E-state index in [0.717, 1.165) is 29.7 Å². The molecule has 2 aromatic carbocycles. The molecule has 0 spiro atoms. The summed E-state index contributed by atoms with van der Waals surface area (Å²) in [6, 6.07) is 18.3. The molecule has 0 saturated carbocycles. The lowest BCUT2D eigenvalue weighted by Crippen LogP contribution is -2.28. The maximum absolute atomic E-state index is 13.4. The van der Waals surface area contributed by atoms with Crippen LogP contribution in [0.25, 0.3) is 0 Å². The zero-order valence-electron chi connectivity index (χ0n) is 22.7. The van der Waals surface area contributed by atoms with Crippen molar-refractivity contribution in [1.82, 2.24) is 5.32 Å². The first-order valence-electron chi connectivity index (χ1n) is 13.2. The summed E-state index contributed by atoms with van der Waals surface area (Å²) in [5.74, 6) is 1.01. The van der Waals surface area contributed by atoms with Gasteiger partial charge in [0.2, 0.25) is 0 Å². The van der Waals surface area contributed by atoms with Gasteiger partial charge < -0.3 is 9.73 Å². The molecule has 0 aliphatic heterocycles. The number of nitrogens with one attached hydrogen (secondary N) is 1. The van der Waals surface area contributed by atoms with Gasteiger partial charge in [-0.1, -0.05) is 56.8 Å². The maximum atomic E-state index is 13.4. The van der Waals surface area contributed by atoms with Crippen LogP contribution in [0.3, 0.4) is 0 Å². The molecular weight excluding hydrogens is 542 g/mol. The molecule has 1 amide bonds. The van der Waals surface area contributed by atoms with Crippen molar-refractivity contribution >= 4 is 45.9 Å². The molecule has 0 unspecified atom stereocenters. The number of rotatable bonds is 8. The summed E-state index contributed by atoms with van der Waals surface area (Å²) in [4.78, 5) is 32.4. The summed E-state index contributed by atoms with van der Waals surface area (Å²) in [6.07, 6.45) is 5.95. The van der Waals surface area contributed by atoms with Crippen molar-refractivity contribution in [3.8, 4) is 0 Å². The Kier molecular flexibility index (Phi) is 8.23. The lowest BCUT2D eigenvalue weighted by molar-refractivity contribution is -0.387. The molecule has 0 fully saturated rings. The van der Waals surface area contributed by atoms with Crippen LogP contribution in [0.1, 0.15) is 59.3 Å². The standard InChI is InChI=1S/C31H31N3O4S2/c1-31(2,3)21-12-13-24-27(17-21)40-30(28(24)29(35)32-19-22-8-7-15-38-22)33-18-20-11-14-26(25(16-20)34(36)37)39-23-9-5-4-6-10-23/h4-11,14-16,18,21H,12-13,17,19H2,1-3H3,(H,32,35)/t21-/m0/s1. The third-order valence-electron chi connectivity index (χ3n) is 7.18. The number of nitrogens with zero attached hydrogens (tertiary/aromatic N) is 2. The Morgan fingerprint density at radius 2 is 2.00 bits per heavy atom. The molecule has 7 nitrogen and oxygen atoms in total. The molecule has 1 N–H and O–H groups in total. The van der Waals surface area contributed by atoms with E-state index in [1.54, 1.807) is 35.9 Å². The van der Waals surface area contributed by atoms with Crippen LogP contribution in [0.4, 0.5) is 10.7 Å². The van der Waals surface area contributed by atoms with Crippen LogP contribution in [0.15, 0.2) is 86.1 Å². The Bertz CT molecular complexity index is 1540. The van der Waals surface area contributed by atoms with Gasteiger partial charge in [-0.15, -0.1) is 11.3 Å². The van der Waals surface area contributed by atoms with Gasteiger partial charge in [0.25, 0.3) is 11.6 Å². The molecule has 0 bridgehead atoms. The number of amides is 1. The van der Waals surface area contributed by atoms with E-state index in [1.807, 2.05) is 42.5 Å². The average Bonchev–Trinajstić information content (AvgIpc) is 3.58. The Balaban J connectivity index is 1.45. The van der Waals surface area contributed by atoms with Gasteiger partial charge in [-0.3, -0.25) is 14.9 Å². The fourth-order valence-electron chi connectivity index (χ4n) is 4.90. The van der Waals surface area contributed by atoms with Crippen molar-refractivity contribution in [2.45, 2.75) is 56.4 Å². The molecule has 206 valence electrons. The van der Waals surface area contributed by atoms with E-state index in [9.17, 15) is 14.9 Å². The molecule has 1 aliphatic rings. The molecule has 1 atom stereocenters. The van der Waals surface area contributed by atoms with E-state index in [2.05, 4.69) is 26.1 Å². The number of hydrogen-bond acceptors (Lipinski definition) is 7. The van der Waals surface area contributed by atoms with E-state index < -0.39 is 0 Å². The van der Waals surface area contributed by atoms with E-state index >= 15 is 0 Å². The van der Waals surface area contributed by atoms with Crippen molar-refractivity contribution in [2.24, 2.45) is 16.3 Å². The van der Waals surface area contributed by atoms with Gasteiger partial charge in [-0.05, 0) is 72.1 Å². The highest BCUT2D eigenvalue weighted by Crippen LogP contribution is 2.45. The Morgan fingerprint density at radius 1 is 1.20 bits per heavy atom. The fraction of sp³-hybridized carbons (Fsp3) is 0.290. The van der Waals surface area contributed by atoms with Gasteiger partial charge in [-0.25, -0.2) is 4.99 Å². The van der Waals surface area contributed by atoms with Crippen molar-refractivity contribution < 1.29 is 14.1 Å². The number of benzene rings is 2. The third kappa shape index (κ3) is 6.37. The highest BCUT2D eigenvalue weighted by molar-refractivity contribution is 7.99. The second-order valence-corrected chi connectivity index (χ2v) is 13.1. The number of fused-ring (bicyclic) bond motifs is 1. The minimum absolute atomic E-state index is 0.0210. The third-order valence-corrected chi connectivity index (χ3v) is 9.42. The lowest BCUT2D eigenvalue weighted by atomic mass is 9.72. The van der Waals surface area contributed by atoms with Crippen LogP contribution in [-0.2, 0) is 19.4 Å². The van der Waals surface area contributed by atoms with Crippen LogP contribution in [-0.4, -0.2) is 17.0 Å². The predicted molar refractivity (Wildman–Crippen MR) is 160 cm³/mol. The molecular formula is C31H31N3O4S2. The van der Waals surface area contributed by atoms with Gasteiger partial charge in [0.1, 0.15) is 10.8 Å². The van der Waals surface area contributed by atoms with Gasteiger partial charge in [-0.2, -0.15) is 0 Å². The summed E-state index contributed by atoms with van der Waals surface area (Å²) < 4.78 is 5.38. The lowest BCUT2D eigenvalue weighted by Gasteiger charge is -2.33. The Morgan fingerprint density at radius 3 is 2.70 bits per heavy atom. The van der Waals surface area contributed by atoms with Crippen molar-refractivity contribution in [2.75, 3.05) is 0 Å². The van der Waals surface area contributed by atoms with Gasteiger partial charge in [0.15, 0.2) is 0 Å².